The van der Waals surface area contributed by atoms with Gasteiger partial charge in [-0.3, -0.25) is 14.9 Å². The number of rotatable bonds is 8. The van der Waals surface area contributed by atoms with Crippen molar-refractivity contribution >= 4 is 19.9 Å². The van der Waals surface area contributed by atoms with Crippen molar-refractivity contribution in [2.45, 2.75) is 90.4 Å². The molecule has 7 heteroatoms. The van der Waals surface area contributed by atoms with Crippen LogP contribution in [0.5, 0.6) is 0 Å². The Morgan fingerprint density at radius 1 is 1.12 bits per heavy atom. The van der Waals surface area contributed by atoms with Crippen molar-refractivity contribution in [3.05, 3.63) is 51.8 Å². The molecule has 0 spiro atoms. The summed E-state index contributed by atoms with van der Waals surface area (Å²) in [6, 6.07) is 6.63. The summed E-state index contributed by atoms with van der Waals surface area (Å²) >= 11 is 0. The number of nitrogens with one attached hydrogen (secondary N) is 1. The number of nitro benzene ring substituents is 1. The van der Waals surface area contributed by atoms with Gasteiger partial charge in [-0.25, -0.2) is 0 Å². The molecule has 1 heterocycles. The van der Waals surface area contributed by atoms with Crippen LogP contribution in [-0.4, -0.2) is 25.2 Å². The highest BCUT2D eigenvalue weighted by atomic mass is 28.4. The lowest BCUT2D eigenvalue weighted by Gasteiger charge is -2.48. The van der Waals surface area contributed by atoms with Crippen molar-refractivity contribution in [1.29, 1.82) is 0 Å². The monoisotopic (exact) mass is 458 g/mol. The van der Waals surface area contributed by atoms with Crippen LogP contribution in [0.1, 0.15) is 66.9 Å². The predicted molar refractivity (Wildman–Crippen MR) is 130 cm³/mol. The van der Waals surface area contributed by atoms with Gasteiger partial charge in [0.1, 0.15) is 0 Å². The first-order chi connectivity index (χ1) is 14.9. The van der Waals surface area contributed by atoms with Crippen LogP contribution in [0.15, 0.2) is 36.1 Å². The normalized spacial score (nSPS) is 25.7. The van der Waals surface area contributed by atoms with Gasteiger partial charge in [0, 0.05) is 18.2 Å². The van der Waals surface area contributed by atoms with E-state index in [-0.39, 0.29) is 23.6 Å². The largest absolute Gasteiger partial charge is 0.545 e. The van der Waals surface area contributed by atoms with E-state index in [1.165, 1.54) is 12.1 Å². The van der Waals surface area contributed by atoms with E-state index < -0.39 is 18.7 Å². The highest BCUT2D eigenvalue weighted by Gasteiger charge is 2.58. The van der Waals surface area contributed by atoms with E-state index in [4.69, 9.17) is 4.43 Å². The van der Waals surface area contributed by atoms with E-state index >= 15 is 0 Å². The van der Waals surface area contributed by atoms with Crippen molar-refractivity contribution < 1.29 is 14.1 Å². The molecule has 32 heavy (non-hydrogen) atoms. The Labute approximate surface area is 193 Å². The van der Waals surface area contributed by atoms with E-state index in [9.17, 15) is 14.9 Å². The average Bonchev–Trinajstić information content (AvgIpc) is 2.96. The fourth-order valence-corrected chi connectivity index (χ4v) is 11.6. The Kier molecular flexibility index (Phi) is 6.89. The minimum atomic E-state index is -2.17. The number of carbonyl (C=O) groups is 1. The fourth-order valence-electron chi connectivity index (χ4n) is 6.24. The SMILES string of the molecule is CC(C)[Si](OC1=CCCC2NC(=O)C(Cc3ccc([N+](=O)[O-])cc3)C12C)(C(C)C)C(C)C. The summed E-state index contributed by atoms with van der Waals surface area (Å²) in [6.45, 7) is 15.9. The standard InChI is InChI=1S/C25H38N2O4Si/c1-16(2)32(17(3)4,18(5)6)31-23-10-8-9-22-25(23,7)21(24(28)26-22)15-19-11-13-20(14-12-19)27(29)30/h10-14,16-18,21-22H,8-9,15H2,1-7H3,(H,26,28). The van der Waals surface area contributed by atoms with Gasteiger partial charge in [0.15, 0.2) is 0 Å². The quantitative estimate of drug-likeness (QED) is 0.289. The number of allylic oxidation sites excluding steroid dienone is 1. The second-order valence-corrected chi connectivity index (χ2v) is 16.0. The molecule has 1 aromatic rings. The number of nitro groups is 1. The lowest BCUT2D eigenvalue weighted by atomic mass is 9.67. The number of non-ortho nitro benzene ring substituents is 1. The molecule has 3 unspecified atom stereocenters. The summed E-state index contributed by atoms with van der Waals surface area (Å²) in [5, 5.41) is 14.3. The van der Waals surface area contributed by atoms with Crippen LogP contribution in [0.2, 0.25) is 16.6 Å². The van der Waals surface area contributed by atoms with Crippen LogP contribution in [-0.2, 0) is 15.6 Å². The Morgan fingerprint density at radius 3 is 2.19 bits per heavy atom. The van der Waals surface area contributed by atoms with E-state index in [1.807, 2.05) is 0 Å². The van der Waals surface area contributed by atoms with Crippen molar-refractivity contribution in [3.63, 3.8) is 0 Å². The van der Waals surface area contributed by atoms with E-state index in [1.54, 1.807) is 12.1 Å². The molecule has 1 aliphatic carbocycles. The smallest absolute Gasteiger partial charge is 0.269 e. The van der Waals surface area contributed by atoms with Gasteiger partial charge in [-0.1, -0.05) is 53.7 Å². The molecule has 1 fully saturated rings. The lowest BCUT2D eigenvalue weighted by molar-refractivity contribution is -0.384. The van der Waals surface area contributed by atoms with E-state index in [2.05, 4.69) is 59.9 Å². The fraction of sp³-hybridized carbons (Fsp3) is 0.640. The van der Waals surface area contributed by atoms with E-state index in [0.717, 1.165) is 24.2 Å². The zero-order valence-corrected chi connectivity index (χ0v) is 21.5. The molecule has 1 aliphatic heterocycles. The van der Waals surface area contributed by atoms with Gasteiger partial charge in [0.2, 0.25) is 5.91 Å². The van der Waals surface area contributed by atoms with Crippen molar-refractivity contribution in [2.24, 2.45) is 11.3 Å². The zero-order valence-electron chi connectivity index (χ0n) is 20.5. The molecular formula is C25H38N2O4Si. The molecule has 0 aromatic heterocycles. The van der Waals surface area contributed by atoms with Crippen molar-refractivity contribution in [3.8, 4) is 0 Å². The average molecular weight is 459 g/mol. The molecule has 176 valence electrons. The summed E-state index contributed by atoms with van der Waals surface area (Å²) in [6.07, 6.45) is 4.58. The summed E-state index contributed by atoms with van der Waals surface area (Å²) in [4.78, 5) is 23.8. The topological polar surface area (TPSA) is 81.5 Å². The van der Waals surface area contributed by atoms with Crippen LogP contribution in [0.3, 0.4) is 0 Å². The maximum Gasteiger partial charge on any atom is 0.269 e. The lowest BCUT2D eigenvalue weighted by Crippen LogP contribution is -2.51. The number of hydrogen-bond donors (Lipinski definition) is 1. The van der Waals surface area contributed by atoms with Gasteiger partial charge >= 0.3 is 0 Å². The highest BCUT2D eigenvalue weighted by molar-refractivity contribution is 6.77. The molecule has 1 amide bonds. The highest BCUT2D eigenvalue weighted by Crippen LogP contribution is 2.53. The van der Waals surface area contributed by atoms with Crippen molar-refractivity contribution in [1.82, 2.24) is 5.32 Å². The van der Waals surface area contributed by atoms with Gasteiger partial charge in [0.25, 0.3) is 14.0 Å². The zero-order chi connectivity index (χ0) is 23.8. The minimum Gasteiger partial charge on any atom is -0.545 e. The van der Waals surface area contributed by atoms with Crippen LogP contribution >= 0.6 is 0 Å². The number of carbonyl (C=O) groups excluding carboxylic acids is 1. The van der Waals surface area contributed by atoms with Crippen LogP contribution in [0, 0.1) is 21.4 Å². The first kappa shape index (κ1) is 24.5. The molecule has 3 rings (SSSR count). The Balaban J connectivity index is 1.97. The molecule has 1 aromatic carbocycles. The summed E-state index contributed by atoms with van der Waals surface area (Å²) in [5.74, 6) is 0.777. The number of nitrogens with zero attached hydrogens (tertiary/aromatic N) is 1. The van der Waals surface area contributed by atoms with Gasteiger partial charge in [0.05, 0.1) is 22.0 Å². The minimum absolute atomic E-state index is 0.0521. The number of hydrogen-bond acceptors (Lipinski definition) is 4. The summed E-state index contributed by atoms with van der Waals surface area (Å²) in [5.41, 5.74) is 1.93. The number of amides is 1. The third kappa shape index (κ3) is 4.00. The molecule has 2 aliphatic rings. The predicted octanol–water partition coefficient (Wildman–Crippen LogP) is 6.13. The molecule has 0 radical (unpaired) electrons. The third-order valence-electron chi connectivity index (χ3n) is 7.98. The molecule has 1 N–H and O–H groups in total. The molecule has 0 bridgehead atoms. The van der Waals surface area contributed by atoms with Gasteiger partial charge in [-0.05, 0) is 54.4 Å². The first-order valence-electron chi connectivity index (χ1n) is 11.9. The number of benzene rings is 1. The van der Waals surface area contributed by atoms with E-state index in [0.29, 0.717) is 23.0 Å². The second-order valence-electron chi connectivity index (χ2n) is 10.6. The molecule has 3 atom stereocenters. The second kappa shape index (κ2) is 9.00. The summed E-state index contributed by atoms with van der Waals surface area (Å²) < 4.78 is 7.17. The number of fused-ring (bicyclic) bond motifs is 1. The van der Waals surface area contributed by atoms with Gasteiger partial charge < -0.3 is 9.74 Å². The maximum atomic E-state index is 13.1. The Morgan fingerprint density at radius 2 is 1.69 bits per heavy atom. The third-order valence-corrected chi connectivity index (χ3v) is 14.0. The maximum absolute atomic E-state index is 13.1. The van der Waals surface area contributed by atoms with Crippen LogP contribution in [0.25, 0.3) is 0 Å². The Hall–Kier alpha value is -2.15. The Bertz CT molecular complexity index is 872. The summed E-state index contributed by atoms with van der Waals surface area (Å²) in [7, 11) is -2.17. The first-order valence-corrected chi connectivity index (χ1v) is 14.0. The van der Waals surface area contributed by atoms with Gasteiger partial charge in [-0.15, -0.1) is 0 Å². The molecular weight excluding hydrogens is 420 g/mol. The molecule has 6 nitrogen and oxygen atoms in total. The van der Waals surface area contributed by atoms with Crippen LogP contribution < -0.4 is 5.32 Å². The molecule has 1 saturated heterocycles. The van der Waals surface area contributed by atoms with Gasteiger partial charge in [-0.2, -0.15) is 0 Å². The van der Waals surface area contributed by atoms with Crippen molar-refractivity contribution in [2.75, 3.05) is 0 Å². The van der Waals surface area contributed by atoms with Crippen LogP contribution in [0.4, 0.5) is 5.69 Å². The molecule has 0 saturated carbocycles.